The van der Waals surface area contributed by atoms with Crippen LogP contribution in [0.1, 0.15) is 56.2 Å². The SMILES string of the molecule is CC(C)(CCCCC#Cc1cc(CO)cc(CC#N)c1)[Si](C)(C)O. The minimum absolute atomic E-state index is 0.0298. The summed E-state index contributed by atoms with van der Waals surface area (Å²) < 4.78 is 0. The molecule has 1 aromatic carbocycles. The van der Waals surface area contributed by atoms with Gasteiger partial charge in [0.05, 0.1) is 19.1 Å². The van der Waals surface area contributed by atoms with Crippen LogP contribution in [0.25, 0.3) is 0 Å². The van der Waals surface area contributed by atoms with Crippen molar-refractivity contribution in [1.82, 2.24) is 0 Å². The fourth-order valence-corrected chi connectivity index (χ4v) is 3.16. The summed E-state index contributed by atoms with van der Waals surface area (Å²) in [5.41, 5.74) is 2.55. The van der Waals surface area contributed by atoms with E-state index in [4.69, 9.17) is 5.26 Å². The van der Waals surface area contributed by atoms with Crippen molar-refractivity contribution >= 4 is 8.32 Å². The van der Waals surface area contributed by atoms with Crippen LogP contribution in [0.3, 0.4) is 0 Å². The molecule has 0 radical (unpaired) electrons. The van der Waals surface area contributed by atoms with Crippen LogP contribution in [0, 0.1) is 23.2 Å². The van der Waals surface area contributed by atoms with Crippen LogP contribution in [0.5, 0.6) is 0 Å². The minimum atomic E-state index is -2.12. The fourth-order valence-electron chi connectivity index (χ4n) is 2.37. The number of benzene rings is 1. The van der Waals surface area contributed by atoms with Gasteiger partial charge in [-0.15, -0.1) is 0 Å². The van der Waals surface area contributed by atoms with Gasteiger partial charge in [-0.1, -0.05) is 38.2 Å². The van der Waals surface area contributed by atoms with Gasteiger partial charge in [0.25, 0.3) is 0 Å². The number of aliphatic hydroxyl groups excluding tert-OH is 1. The maximum atomic E-state index is 10.3. The zero-order chi connectivity index (χ0) is 18.2. The van der Waals surface area contributed by atoms with Gasteiger partial charge in [-0.25, -0.2) is 0 Å². The van der Waals surface area contributed by atoms with E-state index in [0.29, 0.717) is 6.42 Å². The lowest BCUT2D eigenvalue weighted by Crippen LogP contribution is -2.38. The highest BCUT2D eigenvalue weighted by Gasteiger charge is 2.37. The summed E-state index contributed by atoms with van der Waals surface area (Å²) in [5, 5.41) is 18.1. The first-order valence-corrected chi connectivity index (χ1v) is 11.5. The molecule has 0 saturated carbocycles. The van der Waals surface area contributed by atoms with Gasteiger partial charge < -0.3 is 9.90 Å². The van der Waals surface area contributed by atoms with Gasteiger partial charge in [-0.05, 0) is 54.2 Å². The van der Waals surface area contributed by atoms with Gasteiger partial charge in [-0.2, -0.15) is 5.26 Å². The van der Waals surface area contributed by atoms with Gasteiger partial charge in [-0.3, -0.25) is 0 Å². The van der Waals surface area contributed by atoms with Crippen LogP contribution in [0.2, 0.25) is 18.1 Å². The molecular formula is C20H29NO2Si. The van der Waals surface area contributed by atoms with Crippen LogP contribution < -0.4 is 0 Å². The molecule has 0 aliphatic carbocycles. The molecule has 0 fully saturated rings. The maximum absolute atomic E-state index is 10.3. The molecule has 1 rings (SSSR count). The largest absolute Gasteiger partial charge is 0.432 e. The summed E-state index contributed by atoms with van der Waals surface area (Å²) in [6, 6.07) is 7.76. The minimum Gasteiger partial charge on any atom is -0.432 e. The third-order valence-electron chi connectivity index (χ3n) is 4.76. The van der Waals surface area contributed by atoms with E-state index >= 15 is 0 Å². The van der Waals surface area contributed by atoms with Crippen molar-refractivity contribution in [3.05, 3.63) is 34.9 Å². The number of nitrogens with zero attached hydrogens (tertiary/aromatic N) is 1. The molecule has 0 spiro atoms. The van der Waals surface area contributed by atoms with E-state index in [2.05, 4.69) is 31.8 Å². The molecular weight excluding hydrogens is 314 g/mol. The molecule has 0 bridgehead atoms. The van der Waals surface area contributed by atoms with E-state index in [-0.39, 0.29) is 11.6 Å². The average molecular weight is 344 g/mol. The number of hydrogen-bond donors (Lipinski definition) is 2. The quantitative estimate of drug-likeness (QED) is 0.444. The Morgan fingerprint density at radius 2 is 1.79 bits per heavy atom. The predicted octanol–water partition coefficient (Wildman–Crippen LogP) is 4.13. The first-order chi connectivity index (χ1) is 11.2. The second kappa shape index (κ2) is 9.04. The third-order valence-corrected chi connectivity index (χ3v) is 8.32. The molecule has 24 heavy (non-hydrogen) atoms. The summed E-state index contributed by atoms with van der Waals surface area (Å²) in [6.07, 6.45) is 4.26. The van der Waals surface area contributed by atoms with E-state index in [1.807, 2.05) is 31.3 Å². The Bertz CT molecular complexity index is 642. The maximum Gasteiger partial charge on any atom is 0.188 e. The fraction of sp³-hybridized carbons (Fsp3) is 0.550. The molecule has 0 unspecified atom stereocenters. The van der Waals surface area contributed by atoms with Crippen LogP contribution in [0.4, 0.5) is 0 Å². The Morgan fingerprint density at radius 3 is 2.38 bits per heavy atom. The zero-order valence-electron chi connectivity index (χ0n) is 15.3. The Kier molecular flexibility index (Phi) is 7.70. The Morgan fingerprint density at radius 1 is 1.12 bits per heavy atom. The predicted molar refractivity (Wildman–Crippen MR) is 101 cm³/mol. The zero-order valence-corrected chi connectivity index (χ0v) is 16.3. The number of aliphatic hydroxyl groups is 1. The van der Waals surface area contributed by atoms with Gasteiger partial charge >= 0.3 is 0 Å². The van der Waals surface area contributed by atoms with E-state index in [9.17, 15) is 9.90 Å². The highest BCUT2D eigenvalue weighted by molar-refractivity contribution is 6.72. The lowest BCUT2D eigenvalue weighted by molar-refractivity contribution is 0.281. The van der Waals surface area contributed by atoms with E-state index in [1.165, 1.54) is 0 Å². The summed E-state index contributed by atoms with van der Waals surface area (Å²) >= 11 is 0. The molecule has 0 heterocycles. The summed E-state index contributed by atoms with van der Waals surface area (Å²) in [7, 11) is -2.12. The van der Waals surface area contributed by atoms with E-state index in [1.54, 1.807) is 0 Å². The highest BCUT2D eigenvalue weighted by Crippen LogP contribution is 2.40. The molecule has 0 saturated heterocycles. The molecule has 1 aromatic rings. The van der Waals surface area contributed by atoms with Crippen LogP contribution >= 0.6 is 0 Å². The van der Waals surface area contributed by atoms with E-state index in [0.717, 1.165) is 42.4 Å². The van der Waals surface area contributed by atoms with Crippen molar-refractivity contribution < 1.29 is 9.90 Å². The van der Waals surface area contributed by atoms with Crippen molar-refractivity contribution in [3.63, 3.8) is 0 Å². The lowest BCUT2D eigenvalue weighted by atomic mass is 10.0. The van der Waals surface area contributed by atoms with Gasteiger partial charge in [0, 0.05) is 12.0 Å². The smallest absolute Gasteiger partial charge is 0.188 e. The molecule has 0 atom stereocenters. The van der Waals surface area contributed by atoms with Crippen molar-refractivity contribution in [2.45, 2.75) is 70.7 Å². The van der Waals surface area contributed by atoms with Crippen LogP contribution in [-0.4, -0.2) is 18.2 Å². The van der Waals surface area contributed by atoms with Crippen molar-refractivity contribution in [2.24, 2.45) is 0 Å². The van der Waals surface area contributed by atoms with Crippen LogP contribution in [-0.2, 0) is 13.0 Å². The topological polar surface area (TPSA) is 64.2 Å². The first kappa shape index (κ1) is 20.5. The average Bonchev–Trinajstić information content (AvgIpc) is 2.49. The molecule has 0 aliphatic heterocycles. The van der Waals surface area contributed by atoms with Crippen LogP contribution in [0.15, 0.2) is 18.2 Å². The normalized spacial score (nSPS) is 11.5. The van der Waals surface area contributed by atoms with E-state index < -0.39 is 8.32 Å². The molecule has 130 valence electrons. The Hall–Kier alpha value is -1.59. The monoisotopic (exact) mass is 343 g/mol. The first-order valence-electron chi connectivity index (χ1n) is 8.51. The third kappa shape index (κ3) is 6.49. The summed E-state index contributed by atoms with van der Waals surface area (Å²) in [4.78, 5) is 10.3. The molecule has 0 aliphatic rings. The highest BCUT2D eigenvalue weighted by atomic mass is 28.4. The number of rotatable bonds is 7. The van der Waals surface area contributed by atoms with Gasteiger partial charge in [0.1, 0.15) is 0 Å². The van der Waals surface area contributed by atoms with Crippen molar-refractivity contribution in [1.29, 1.82) is 5.26 Å². The standard InChI is InChI=1S/C20H29NO2Si/c1-20(2,24(3,4)23)11-8-6-5-7-9-17-13-18(10-12-21)15-19(14-17)16-22/h13-15,22-23H,5-6,8,10-11,16H2,1-4H3. The molecule has 0 amide bonds. The molecule has 2 N–H and O–H groups in total. The van der Waals surface area contributed by atoms with Crippen molar-refractivity contribution in [3.8, 4) is 17.9 Å². The summed E-state index contributed by atoms with van der Waals surface area (Å²) in [5.74, 6) is 6.32. The lowest BCUT2D eigenvalue weighted by Gasteiger charge is -2.35. The van der Waals surface area contributed by atoms with Crippen molar-refractivity contribution in [2.75, 3.05) is 0 Å². The molecule has 4 heteroatoms. The Labute approximate surface area is 147 Å². The second-order valence-electron chi connectivity index (χ2n) is 7.48. The summed E-state index contributed by atoms with van der Waals surface area (Å²) in [6.45, 7) is 8.27. The molecule has 3 nitrogen and oxygen atoms in total. The number of nitriles is 1. The number of hydrogen-bond acceptors (Lipinski definition) is 3. The molecule has 0 aromatic heterocycles. The second-order valence-corrected chi connectivity index (χ2v) is 12.0. The number of unbranched alkanes of at least 4 members (excludes halogenated alkanes) is 2. The Balaban J connectivity index is 2.55. The van der Waals surface area contributed by atoms with Gasteiger partial charge in [0.15, 0.2) is 8.32 Å². The van der Waals surface area contributed by atoms with Gasteiger partial charge in [0.2, 0.25) is 0 Å².